The van der Waals surface area contributed by atoms with E-state index in [1.165, 1.54) is 16.7 Å². The molecule has 0 spiro atoms. The molecule has 4 heteroatoms. The number of nitrogens with two attached hydrogens (primary N) is 1. The fraction of sp³-hybridized carbons (Fsp3) is 0.200. The molecule has 3 N–H and O–H groups in total. The van der Waals surface area contributed by atoms with Crippen molar-refractivity contribution in [1.29, 1.82) is 0 Å². The molecule has 1 unspecified atom stereocenters. The van der Waals surface area contributed by atoms with E-state index in [-0.39, 0.29) is 6.04 Å². The van der Waals surface area contributed by atoms with Crippen LogP contribution < -0.4 is 11.3 Å². The summed E-state index contributed by atoms with van der Waals surface area (Å²) in [7, 11) is 0. The zero-order valence-electron chi connectivity index (χ0n) is 10.9. The average Bonchev–Trinajstić information content (AvgIpc) is 2.34. The van der Waals surface area contributed by atoms with E-state index in [9.17, 15) is 0 Å². The van der Waals surface area contributed by atoms with Crippen molar-refractivity contribution in [2.75, 3.05) is 0 Å². The van der Waals surface area contributed by atoms with Crippen LogP contribution in [0.4, 0.5) is 0 Å². The summed E-state index contributed by atoms with van der Waals surface area (Å²) >= 11 is 7.03. The second kappa shape index (κ2) is 6.18. The molecule has 0 aromatic heterocycles. The average molecular weight is 384 g/mol. The van der Waals surface area contributed by atoms with Crippen molar-refractivity contribution in [2.24, 2.45) is 5.84 Å². The highest BCUT2D eigenvalue weighted by Gasteiger charge is 2.16. The topological polar surface area (TPSA) is 38.0 Å². The van der Waals surface area contributed by atoms with Crippen LogP contribution in [-0.4, -0.2) is 0 Å². The summed E-state index contributed by atoms with van der Waals surface area (Å²) in [5.41, 5.74) is 7.78. The van der Waals surface area contributed by atoms with E-state index in [2.05, 4.69) is 81.5 Å². The Hall–Kier alpha value is -0.680. The summed E-state index contributed by atoms with van der Waals surface area (Å²) in [4.78, 5) is 0. The number of hydrazine groups is 1. The van der Waals surface area contributed by atoms with E-state index in [1.54, 1.807) is 0 Å². The Morgan fingerprint density at radius 3 is 2.26 bits per heavy atom. The van der Waals surface area contributed by atoms with Crippen LogP contribution in [0.2, 0.25) is 0 Å². The minimum Gasteiger partial charge on any atom is -0.271 e. The van der Waals surface area contributed by atoms with Crippen molar-refractivity contribution in [3.63, 3.8) is 0 Å². The fourth-order valence-corrected chi connectivity index (χ4v) is 3.52. The van der Waals surface area contributed by atoms with Crippen molar-refractivity contribution in [3.05, 3.63) is 67.6 Å². The zero-order valence-corrected chi connectivity index (χ0v) is 14.0. The minimum absolute atomic E-state index is 0.0197. The highest BCUT2D eigenvalue weighted by molar-refractivity contribution is 9.11. The molecule has 0 aliphatic rings. The van der Waals surface area contributed by atoms with Crippen LogP contribution in [0, 0.1) is 13.8 Å². The SMILES string of the molecule is Cc1cccc(C(NN)c2cc(Br)cc(Br)c2)c1C. The van der Waals surface area contributed by atoms with Gasteiger partial charge in [0.05, 0.1) is 6.04 Å². The number of nitrogens with one attached hydrogen (secondary N) is 1. The van der Waals surface area contributed by atoms with Gasteiger partial charge in [-0.2, -0.15) is 0 Å². The second-order valence-corrected chi connectivity index (χ2v) is 6.42. The molecule has 0 saturated heterocycles. The molecule has 2 aromatic rings. The van der Waals surface area contributed by atoms with Crippen LogP contribution >= 0.6 is 31.9 Å². The lowest BCUT2D eigenvalue weighted by Gasteiger charge is -2.20. The standard InChI is InChI=1S/C15H16Br2N2/c1-9-4-3-5-14(10(9)2)15(19-18)11-6-12(16)8-13(17)7-11/h3-8,15,19H,18H2,1-2H3. The van der Waals surface area contributed by atoms with Crippen molar-refractivity contribution < 1.29 is 0 Å². The summed E-state index contributed by atoms with van der Waals surface area (Å²) in [6.45, 7) is 4.24. The summed E-state index contributed by atoms with van der Waals surface area (Å²) < 4.78 is 2.06. The number of halogens is 2. The first-order valence-electron chi connectivity index (χ1n) is 6.01. The highest BCUT2D eigenvalue weighted by atomic mass is 79.9. The third-order valence-corrected chi connectivity index (χ3v) is 4.26. The Balaban J connectivity index is 2.53. The van der Waals surface area contributed by atoms with Crippen LogP contribution in [-0.2, 0) is 0 Å². The molecule has 2 aromatic carbocycles. The first-order chi connectivity index (χ1) is 9.02. The monoisotopic (exact) mass is 382 g/mol. The van der Waals surface area contributed by atoms with E-state index in [1.807, 2.05) is 6.07 Å². The molecule has 2 rings (SSSR count). The molecule has 1 atom stereocenters. The molecular weight excluding hydrogens is 368 g/mol. The highest BCUT2D eigenvalue weighted by Crippen LogP contribution is 2.30. The van der Waals surface area contributed by atoms with Gasteiger partial charge >= 0.3 is 0 Å². The molecule has 100 valence electrons. The molecule has 0 heterocycles. The smallest absolute Gasteiger partial charge is 0.0713 e. The number of hydrogen-bond acceptors (Lipinski definition) is 2. The van der Waals surface area contributed by atoms with Crippen LogP contribution in [0.15, 0.2) is 45.3 Å². The van der Waals surface area contributed by atoms with Gasteiger partial charge in [-0.05, 0) is 54.3 Å². The first kappa shape index (κ1) is 14.7. The lowest BCUT2D eigenvalue weighted by molar-refractivity contribution is 0.632. The predicted molar refractivity (Wildman–Crippen MR) is 86.9 cm³/mol. The Morgan fingerprint density at radius 1 is 1.05 bits per heavy atom. The Kier molecular flexibility index (Phi) is 4.79. The third-order valence-electron chi connectivity index (χ3n) is 3.34. The van der Waals surface area contributed by atoms with Gasteiger partial charge in [-0.15, -0.1) is 0 Å². The predicted octanol–water partition coefficient (Wildman–Crippen LogP) is 4.38. The van der Waals surface area contributed by atoms with E-state index >= 15 is 0 Å². The lowest BCUT2D eigenvalue weighted by atomic mass is 9.93. The molecular formula is C15H16Br2N2. The molecule has 0 fully saturated rings. The van der Waals surface area contributed by atoms with E-state index < -0.39 is 0 Å². The molecule has 0 saturated carbocycles. The van der Waals surface area contributed by atoms with Gasteiger partial charge in [-0.1, -0.05) is 50.1 Å². The molecule has 0 radical (unpaired) electrons. The van der Waals surface area contributed by atoms with Crippen LogP contribution in [0.1, 0.15) is 28.3 Å². The third kappa shape index (κ3) is 3.26. The van der Waals surface area contributed by atoms with Gasteiger partial charge in [-0.3, -0.25) is 5.84 Å². The van der Waals surface area contributed by atoms with Crippen LogP contribution in [0.25, 0.3) is 0 Å². The molecule has 19 heavy (non-hydrogen) atoms. The van der Waals surface area contributed by atoms with Crippen molar-refractivity contribution in [3.8, 4) is 0 Å². The maximum atomic E-state index is 5.78. The van der Waals surface area contributed by atoms with Gasteiger partial charge in [0.25, 0.3) is 0 Å². The van der Waals surface area contributed by atoms with Gasteiger partial charge in [-0.25, -0.2) is 5.43 Å². The quantitative estimate of drug-likeness (QED) is 0.609. The molecule has 2 nitrogen and oxygen atoms in total. The molecule has 0 aliphatic carbocycles. The van der Waals surface area contributed by atoms with Crippen molar-refractivity contribution in [2.45, 2.75) is 19.9 Å². The maximum absolute atomic E-state index is 5.78. The van der Waals surface area contributed by atoms with Crippen LogP contribution in [0.3, 0.4) is 0 Å². The summed E-state index contributed by atoms with van der Waals surface area (Å²) in [5, 5.41) is 0. The minimum atomic E-state index is -0.0197. The maximum Gasteiger partial charge on any atom is 0.0713 e. The van der Waals surface area contributed by atoms with Crippen molar-refractivity contribution >= 4 is 31.9 Å². The largest absolute Gasteiger partial charge is 0.271 e. The summed E-state index contributed by atoms with van der Waals surface area (Å²) in [5.74, 6) is 5.78. The Morgan fingerprint density at radius 2 is 1.68 bits per heavy atom. The van der Waals surface area contributed by atoms with E-state index in [0.717, 1.165) is 14.5 Å². The first-order valence-corrected chi connectivity index (χ1v) is 7.59. The number of hydrogen-bond donors (Lipinski definition) is 2. The lowest BCUT2D eigenvalue weighted by Crippen LogP contribution is -2.29. The van der Waals surface area contributed by atoms with Crippen molar-refractivity contribution in [1.82, 2.24) is 5.43 Å². The van der Waals surface area contributed by atoms with Gasteiger partial charge in [0.1, 0.15) is 0 Å². The normalized spacial score (nSPS) is 12.5. The molecule has 0 amide bonds. The van der Waals surface area contributed by atoms with E-state index in [4.69, 9.17) is 5.84 Å². The van der Waals surface area contributed by atoms with Gasteiger partial charge in [0, 0.05) is 8.95 Å². The molecule has 0 aliphatic heterocycles. The fourth-order valence-electron chi connectivity index (χ4n) is 2.19. The number of benzene rings is 2. The van der Waals surface area contributed by atoms with E-state index in [0.29, 0.717) is 0 Å². The van der Waals surface area contributed by atoms with Gasteiger partial charge in [0.2, 0.25) is 0 Å². The second-order valence-electron chi connectivity index (χ2n) is 4.59. The number of aryl methyl sites for hydroxylation is 1. The summed E-state index contributed by atoms with van der Waals surface area (Å²) in [6.07, 6.45) is 0. The van der Waals surface area contributed by atoms with Gasteiger partial charge < -0.3 is 0 Å². The Bertz CT molecular complexity index is 576. The Labute approximate surface area is 130 Å². The van der Waals surface area contributed by atoms with Crippen LogP contribution in [0.5, 0.6) is 0 Å². The summed E-state index contributed by atoms with van der Waals surface area (Å²) in [6, 6.07) is 12.4. The number of rotatable bonds is 3. The zero-order chi connectivity index (χ0) is 14.0. The molecule has 0 bridgehead atoms. The van der Waals surface area contributed by atoms with Gasteiger partial charge in [0.15, 0.2) is 0 Å².